The second kappa shape index (κ2) is 5.64. The zero-order chi connectivity index (χ0) is 13.1. The normalized spacial score (nSPS) is 22.6. The van der Waals surface area contributed by atoms with E-state index < -0.39 is 0 Å². The molecule has 0 radical (unpaired) electrons. The van der Waals surface area contributed by atoms with Gasteiger partial charge in [-0.3, -0.25) is 4.79 Å². The summed E-state index contributed by atoms with van der Waals surface area (Å²) in [5.74, 6) is 0.394. The highest BCUT2D eigenvalue weighted by atomic mass is 16.5. The lowest BCUT2D eigenvalue weighted by atomic mass is 9.90. The first-order valence-corrected chi connectivity index (χ1v) is 7.34. The number of nitrogens with one attached hydrogen (secondary N) is 1. The molecule has 3 rings (SSSR count). The van der Waals surface area contributed by atoms with E-state index in [0.717, 1.165) is 11.3 Å². The second-order valence-corrected chi connectivity index (χ2v) is 5.65. The number of ether oxygens (including phenoxy) is 1. The van der Waals surface area contributed by atoms with Gasteiger partial charge in [0.15, 0.2) is 0 Å². The van der Waals surface area contributed by atoms with Crippen molar-refractivity contribution in [3.63, 3.8) is 0 Å². The Kier molecular flexibility index (Phi) is 3.72. The van der Waals surface area contributed by atoms with Crippen LogP contribution in [-0.4, -0.2) is 19.1 Å². The van der Waals surface area contributed by atoms with Crippen molar-refractivity contribution in [2.75, 3.05) is 18.5 Å². The number of carbonyl (C=O) groups excluding carboxylic acids is 1. The first-order chi connectivity index (χ1) is 9.34. The Hall–Kier alpha value is -1.51. The Balaban J connectivity index is 1.56. The van der Waals surface area contributed by atoms with Crippen LogP contribution in [0, 0.1) is 5.92 Å². The van der Waals surface area contributed by atoms with Crippen molar-refractivity contribution in [1.82, 2.24) is 0 Å². The van der Waals surface area contributed by atoms with Gasteiger partial charge in [0.1, 0.15) is 5.92 Å². The molecule has 1 heterocycles. The molecule has 0 amide bonds. The smallest absolute Gasteiger partial charge is 0.315 e. The molecule has 102 valence electrons. The number of fused-ring (bicyclic) bond motifs is 1. The molecular formula is C16H21NO2. The zero-order valence-corrected chi connectivity index (χ0v) is 11.2. The summed E-state index contributed by atoms with van der Waals surface area (Å²) < 4.78 is 5.54. The Morgan fingerprint density at radius 3 is 2.84 bits per heavy atom. The molecule has 3 nitrogen and oxygen atoms in total. The molecule has 1 unspecified atom stereocenters. The van der Waals surface area contributed by atoms with E-state index >= 15 is 0 Å². The van der Waals surface area contributed by atoms with Crippen LogP contribution in [-0.2, 0) is 9.53 Å². The van der Waals surface area contributed by atoms with Crippen LogP contribution in [0.2, 0.25) is 0 Å². The van der Waals surface area contributed by atoms with Gasteiger partial charge in [0, 0.05) is 12.2 Å². The number of hydrogen-bond donors (Lipinski definition) is 1. The molecule has 0 bridgehead atoms. The molecule has 1 atom stereocenters. The number of carbonyl (C=O) groups is 1. The van der Waals surface area contributed by atoms with Crippen LogP contribution in [0.3, 0.4) is 0 Å². The van der Waals surface area contributed by atoms with E-state index in [-0.39, 0.29) is 11.9 Å². The minimum atomic E-state index is -0.125. The number of esters is 1. The highest BCUT2D eigenvalue weighted by Crippen LogP contribution is 2.32. The van der Waals surface area contributed by atoms with Crippen LogP contribution in [0.15, 0.2) is 24.3 Å². The molecule has 3 heteroatoms. The summed E-state index contributed by atoms with van der Waals surface area (Å²) in [6, 6.07) is 8.00. The average molecular weight is 259 g/mol. The third-order valence-electron chi connectivity index (χ3n) is 4.30. The van der Waals surface area contributed by atoms with Gasteiger partial charge in [-0.1, -0.05) is 37.5 Å². The van der Waals surface area contributed by atoms with E-state index in [1.807, 2.05) is 24.3 Å². The molecule has 0 saturated heterocycles. The number of hydrogen-bond acceptors (Lipinski definition) is 3. The Bertz CT molecular complexity index is 452. The van der Waals surface area contributed by atoms with Gasteiger partial charge >= 0.3 is 5.97 Å². The van der Waals surface area contributed by atoms with Crippen molar-refractivity contribution in [2.45, 2.75) is 38.0 Å². The maximum Gasteiger partial charge on any atom is 0.315 e. The SMILES string of the molecule is O=C(OCC1CCCCC1)C1CNc2ccccc21. The van der Waals surface area contributed by atoms with Gasteiger partial charge in [-0.15, -0.1) is 0 Å². The van der Waals surface area contributed by atoms with Crippen molar-refractivity contribution in [1.29, 1.82) is 0 Å². The van der Waals surface area contributed by atoms with Crippen molar-refractivity contribution in [3.8, 4) is 0 Å². The van der Waals surface area contributed by atoms with Crippen LogP contribution in [0.4, 0.5) is 5.69 Å². The molecular weight excluding hydrogens is 238 g/mol. The van der Waals surface area contributed by atoms with Gasteiger partial charge in [0.25, 0.3) is 0 Å². The minimum Gasteiger partial charge on any atom is -0.465 e. The first-order valence-electron chi connectivity index (χ1n) is 7.34. The molecule has 1 N–H and O–H groups in total. The molecule has 0 aromatic heterocycles. The van der Waals surface area contributed by atoms with Gasteiger partial charge in [-0.2, -0.15) is 0 Å². The lowest BCUT2D eigenvalue weighted by molar-refractivity contribution is -0.146. The summed E-state index contributed by atoms with van der Waals surface area (Å²) in [4.78, 5) is 12.2. The molecule has 2 aliphatic rings. The van der Waals surface area contributed by atoms with E-state index in [1.54, 1.807) is 0 Å². The van der Waals surface area contributed by atoms with Gasteiger partial charge in [-0.25, -0.2) is 0 Å². The van der Waals surface area contributed by atoms with E-state index in [0.29, 0.717) is 19.1 Å². The number of anilines is 1. The summed E-state index contributed by atoms with van der Waals surface area (Å²) in [5.41, 5.74) is 2.15. The monoisotopic (exact) mass is 259 g/mol. The average Bonchev–Trinajstić information content (AvgIpc) is 2.90. The summed E-state index contributed by atoms with van der Waals surface area (Å²) in [6.45, 7) is 1.28. The van der Waals surface area contributed by atoms with Gasteiger partial charge in [0.05, 0.1) is 6.61 Å². The fourth-order valence-electron chi connectivity index (χ4n) is 3.15. The fraction of sp³-hybridized carbons (Fsp3) is 0.562. The van der Waals surface area contributed by atoms with E-state index in [2.05, 4.69) is 5.32 Å². The van der Waals surface area contributed by atoms with Crippen LogP contribution in [0.25, 0.3) is 0 Å². The lowest BCUT2D eigenvalue weighted by Gasteiger charge is -2.21. The molecule has 1 aliphatic carbocycles. The Labute approximate surface area is 114 Å². The highest BCUT2D eigenvalue weighted by molar-refractivity contribution is 5.83. The topological polar surface area (TPSA) is 38.3 Å². The molecule has 1 aliphatic heterocycles. The fourth-order valence-corrected chi connectivity index (χ4v) is 3.15. The predicted octanol–water partition coefficient (Wildman–Crippen LogP) is 3.32. The minimum absolute atomic E-state index is 0.0666. The first kappa shape index (κ1) is 12.5. The molecule has 19 heavy (non-hydrogen) atoms. The molecule has 1 aromatic carbocycles. The third kappa shape index (κ3) is 2.75. The molecule has 1 fully saturated rings. The van der Waals surface area contributed by atoms with Crippen LogP contribution < -0.4 is 5.32 Å². The number of rotatable bonds is 3. The standard InChI is InChI=1S/C16H21NO2/c18-16(19-11-12-6-2-1-3-7-12)14-10-17-15-9-5-4-8-13(14)15/h4-5,8-9,12,14,17H,1-3,6-7,10-11H2. The summed E-state index contributed by atoms with van der Waals surface area (Å²) in [6.07, 6.45) is 6.34. The number of para-hydroxylation sites is 1. The second-order valence-electron chi connectivity index (χ2n) is 5.65. The van der Waals surface area contributed by atoms with E-state index in [9.17, 15) is 4.79 Å². The lowest BCUT2D eigenvalue weighted by Crippen LogP contribution is -2.22. The van der Waals surface area contributed by atoms with Gasteiger partial charge in [0.2, 0.25) is 0 Å². The molecule has 0 spiro atoms. The molecule has 1 aromatic rings. The van der Waals surface area contributed by atoms with E-state index in [1.165, 1.54) is 32.1 Å². The third-order valence-corrected chi connectivity index (χ3v) is 4.30. The highest BCUT2D eigenvalue weighted by Gasteiger charge is 2.30. The molecule has 1 saturated carbocycles. The Morgan fingerprint density at radius 1 is 1.21 bits per heavy atom. The zero-order valence-electron chi connectivity index (χ0n) is 11.2. The maximum absolute atomic E-state index is 12.2. The van der Waals surface area contributed by atoms with Crippen LogP contribution >= 0.6 is 0 Å². The predicted molar refractivity (Wildman–Crippen MR) is 75.2 cm³/mol. The summed E-state index contributed by atoms with van der Waals surface area (Å²) >= 11 is 0. The van der Waals surface area contributed by atoms with Crippen LogP contribution in [0.1, 0.15) is 43.6 Å². The van der Waals surface area contributed by atoms with E-state index in [4.69, 9.17) is 4.74 Å². The van der Waals surface area contributed by atoms with Crippen LogP contribution in [0.5, 0.6) is 0 Å². The number of benzene rings is 1. The van der Waals surface area contributed by atoms with Crippen molar-refractivity contribution < 1.29 is 9.53 Å². The summed E-state index contributed by atoms with van der Waals surface area (Å²) in [7, 11) is 0. The Morgan fingerprint density at radius 2 is 2.00 bits per heavy atom. The van der Waals surface area contributed by atoms with Gasteiger partial charge in [-0.05, 0) is 30.4 Å². The van der Waals surface area contributed by atoms with Crippen molar-refractivity contribution >= 4 is 11.7 Å². The van der Waals surface area contributed by atoms with Crippen molar-refractivity contribution in [3.05, 3.63) is 29.8 Å². The maximum atomic E-state index is 12.2. The van der Waals surface area contributed by atoms with Crippen molar-refractivity contribution in [2.24, 2.45) is 5.92 Å². The van der Waals surface area contributed by atoms with Gasteiger partial charge < -0.3 is 10.1 Å². The summed E-state index contributed by atoms with van der Waals surface area (Å²) in [5, 5.41) is 3.27. The largest absolute Gasteiger partial charge is 0.465 e. The quantitative estimate of drug-likeness (QED) is 0.846.